The fraction of sp³-hybridized carbons (Fsp3) is 0.389. The van der Waals surface area contributed by atoms with E-state index in [1.807, 2.05) is 6.92 Å². The van der Waals surface area contributed by atoms with E-state index in [1.54, 1.807) is 49.3 Å². The summed E-state index contributed by atoms with van der Waals surface area (Å²) in [4.78, 5) is 28.8. The predicted octanol–water partition coefficient (Wildman–Crippen LogP) is 1.41. The monoisotopic (exact) mass is 371 g/mol. The Labute approximate surface area is 156 Å². The number of aromatic nitrogens is 4. The van der Waals surface area contributed by atoms with Crippen LogP contribution in [0.15, 0.2) is 42.1 Å². The van der Waals surface area contributed by atoms with E-state index in [2.05, 4.69) is 20.5 Å². The molecule has 2 aromatic rings. The Morgan fingerprint density at radius 3 is 2.78 bits per heavy atom. The molecular weight excluding hydrogens is 350 g/mol. The van der Waals surface area contributed by atoms with Crippen molar-refractivity contribution in [3.63, 3.8) is 0 Å². The highest BCUT2D eigenvalue weighted by molar-refractivity contribution is 5.96. The van der Waals surface area contributed by atoms with Crippen molar-refractivity contribution in [1.82, 2.24) is 25.1 Å². The van der Waals surface area contributed by atoms with Gasteiger partial charge in [0, 0.05) is 24.5 Å². The van der Waals surface area contributed by atoms with Crippen LogP contribution in [-0.4, -0.2) is 50.4 Å². The average molecular weight is 371 g/mol. The first-order valence-corrected chi connectivity index (χ1v) is 8.68. The van der Waals surface area contributed by atoms with E-state index in [0.29, 0.717) is 23.5 Å². The Balaban J connectivity index is 1.81. The maximum Gasteiger partial charge on any atom is 0.338 e. The van der Waals surface area contributed by atoms with E-state index in [0.717, 1.165) is 0 Å². The zero-order valence-electron chi connectivity index (χ0n) is 15.4. The number of nitrogens with one attached hydrogen (secondary N) is 1. The number of hydrogen-bond acceptors (Lipinski definition) is 7. The summed E-state index contributed by atoms with van der Waals surface area (Å²) in [5.41, 5.74) is 0.956. The molecule has 1 amide bonds. The smallest absolute Gasteiger partial charge is 0.338 e. The van der Waals surface area contributed by atoms with Crippen LogP contribution in [0.3, 0.4) is 0 Å². The number of amides is 1. The van der Waals surface area contributed by atoms with E-state index in [-0.39, 0.29) is 18.4 Å². The molecule has 1 N–H and O–H groups in total. The number of nitrogens with zero attached hydrogens (tertiary/aromatic N) is 4. The molecule has 9 heteroatoms. The Morgan fingerprint density at radius 1 is 1.33 bits per heavy atom. The summed E-state index contributed by atoms with van der Waals surface area (Å²) in [6.45, 7) is 5.61. The van der Waals surface area contributed by atoms with Gasteiger partial charge in [-0.3, -0.25) is 9.36 Å². The van der Waals surface area contributed by atoms with E-state index >= 15 is 0 Å². The number of ether oxygens (including phenoxy) is 2. The molecule has 0 aromatic carbocycles. The lowest BCUT2D eigenvalue weighted by Crippen LogP contribution is -2.37. The molecule has 0 fully saturated rings. The zero-order chi connectivity index (χ0) is 19.4. The largest absolute Gasteiger partial charge is 0.463 e. The number of hydrogen-bond donors (Lipinski definition) is 1. The van der Waals surface area contributed by atoms with Gasteiger partial charge in [-0.2, -0.15) is 0 Å². The van der Waals surface area contributed by atoms with Crippen LogP contribution >= 0.6 is 0 Å². The molecule has 0 radical (unpaired) electrons. The van der Waals surface area contributed by atoms with Crippen molar-refractivity contribution in [2.45, 2.75) is 39.4 Å². The highest BCUT2D eigenvalue weighted by atomic mass is 16.5. The molecule has 2 aromatic heterocycles. The fourth-order valence-electron chi connectivity index (χ4n) is 2.90. The topological polar surface area (TPSA) is 108 Å². The minimum atomic E-state index is -0.492. The zero-order valence-corrected chi connectivity index (χ0v) is 15.4. The average Bonchev–Trinajstić information content (AvgIpc) is 3.16. The van der Waals surface area contributed by atoms with Crippen LogP contribution in [0.25, 0.3) is 5.82 Å². The molecule has 0 saturated carbocycles. The number of esters is 1. The quantitative estimate of drug-likeness (QED) is 0.792. The molecule has 142 valence electrons. The lowest BCUT2D eigenvalue weighted by Gasteiger charge is -2.29. The van der Waals surface area contributed by atoms with Gasteiger partial charge in [0.05, 0.1) is 24.4 Å². The summed E-state index contributed by atoms with van der Waals surface area (Å²) in [5, 5.41) is 10.8. The van der Waals surface area contributed by atoms with Crippen LogP contribution < -0.4 is 5.32 Å². The van der Waals surface area contributed by atoms with Crippen molar-refractivity contribution in [1.29, 1.82) is 0 Å². The van der Waals surface area contributed by atoms with Gasteiger partial charge in [-0.25, -0.2) is 9.78 Å². The van der Waals surface area contributed by atoms with E-state index in [9.17, 15) is 9.59 Å². The molecule has 1 aliphatic rings. The van der Waals surface area contributed by atoms with Gasteiger partial charge in [-0.1, -0.05) is 0 Å². The molecule has 2 atom stereocenters. The van der Waals surface area contributed by atoms with Crippen molar-refractivity contribution >= 4 is 11.9 Å². The van der Waals surface area contributed by atoms with E-state index in [4.69, 9.17) is 9.47 Å². The summed E-state index contributed by atoms with van der Waals surface area (Å²) in [6, 6.07) is 3.23. The third-order valence-corrected chi connectivity index (χ3v) is 4.07. The van der Waals surface area contributed by atoms with Crippen molar-refractivity contribution in [2.24, 2.45) is 0 Å². The van der Waals surface area contributed by atoms with Crippen LogP contribution in [-0.2, 0) is 14.3 Å². The second-order valence-electron chi connectivity index (χ2n) is 6.11. The third kappa shape index (κ3) is 4.20. The highest BCUT2D eigenvalue weighted by Crippen LogP contribution is 2.25. The van der Waals surface area contributed by atoms with Gasteiger partial charge in [0.1, 0.15) is 6.33 Å². The van der Waals surface area contributed by atoms with Gasteiger partial charge in [0.15, 0.2) is 11.5 Å². The third-order valence-electron chi connectivity index (χ3n) is 4.07. The minimum absolute atomic E-state index is 0.136. The van der Waals surface area contributed by atoms with Crippen LogP contribution in [0.5, 0.6) is 0 Å². The number of rotatable bonds is 5. The van der Waals surface area contributed by atoms with Crippen LogP contribution in [0.1, 0.15) is 37.7 Å². The number of carbonyl (C=O) groups is 2. The molecule has 0 saturated heterocycles. The Hall–Kier alpha value is -3.07. The van der Waals surface area contributed by atoms with Crippen molar-refractivity contribution in [3.05, 3.63) is 47.8 Å². The van der Waals surface area contributed by atoms with Crippen molar-refractivity contribution in [3.8, 4) is 5.82 Å². The molecule has 0 spiro atoms. The van der Waals surface area contributed by atoms with Gasteiger partial charge in [-0.05, 0) is 32.9 Å². The maximum absolute atomic E-state index is 12.6. The molecule has 3 heterocycles. The van der Waals surface area contributed by atoms with Gasteiger partial charge in [0.25, 0.3) is 5.91 Å². The Kier molecular flexibility index (Phi) is 5.60. The summed E-state index contributed by atoms with van der Waals surface area (Å²) in [6.07, 6.45) is 4.72. The van der Waals surface area contributed by atoms with Gasteiger partial charge >= 0.3 is 5.97 Å². The lowest BCUT2D eigenvalue weighted by molar-refractivity contribution is -0.141. The van der Waals surface area contributed by atoms with Crippen molar-refractivity contribution < 1.29 is 19.1 Å². The molecule has 9 nitrogen and oxygen atoms in total. The lowest BCUT2D eigenvalue weighted by atomic mass is 10.0. The van der Waals surface area contributed by atoms with Crippen LogP contribution in [0.2, 0.25) is 0 Å². The molecule has 3 rings (SSSR count). The van der Waals surface area contributed by atoms with Gasteiger partial charge < -0.3 is 14.8 Å². The Morgan fingerprint density at radius 2 is 2.15 bits per heavy atom. The number of carbonyl (C=O) groups excluding carboxylic acids is 2. The first-order chi connectivity index (χ1) is 13.0. The molecule has 0 bridgehead atoms. The molecule has 0 aliphatic carbocycles. The summed E-state index contributed by atoms with van der Waals surface area (Å²) in [7, 11) is 0. The van der Waals surface area contributed by atoms with Gasteiger partial charge in [-0.15, -0.1) is 10.2 Å². The molecule has 0 unspecified atom stereocenters. The molecule has 1 aliphatic heterocycles. The normalized spacial score (nSPS) is 19.7. The summed E-state index contributed by atoms with van der Waals surface area (Å²) in [5.74, 6) is -0.393. The van der Waals surface area contributed by atoms with Crippen molar-refractivity contribution in [2.75, 3.05) is 6.61 Å². The van der Waals surface area contributed by atoms with Crippen LogP contribution in [0, 0.1) is 0 Å². The first kappa shape index (κ1) is 18.7. The highest BCUT2D eigenvalue weighted by Gasteiger charge is 2.31. The standard InChI is InChI=1S/C18H21N5O4/c1-4-26-18(25)16-12(3)27-11(2)9-14(16)20-17(24)13-5-6-15(22-21-13)23-8-7-19-10-23/h5-8,10-12H,4,9H2,1-3H3,(H,20,24)/t11-,12+/m1/s1. The van der Waals surface area contributed by atoms with E-state index in [1.165, 1.54) is 0 Å². The fourth-order valence-corrected chi connectivity index (χ4v) is 2.90. The minimum Gasteiger partial charge on any atom is -0.463 e. The SMILES string of the molecule is CCOC(=O)C1=C(NC(=O)c2ccc(-n3ccnc3)nn2)C[C@@H](C)O[C@H]1C. The molecule has 27 heavy (non-hydrogen) atoms. The van der Waals surface area contributed by atoms with E-state index < -0.39 is 18.0 Å². The number of imidazole rings is 1. The maximum atomic E-state index is 12.6. The Bertz CT molecular complexity index is 845. The summed E-state index contributed by atoms with van der Waals surface area (Å²) >= 11 is 0. The second-order valence-corrected chi connectivity index (χ2v) is 6.11. The molecular formula is C18H21N5O4. The second kappa shape index (κ2) is 8.09. The van der Waals surface area contributed by atoms with Crippen LogP contribution in [0.4, 0.5) is 0 Å². The van der Waals surface area contributed by atoms with Gasteiger partial charge in [0.2, 0.25) is 0 Å². The predicted molar refractivity (Wildman–Crippen MR) is 94.9 cm³/mol. The summed E-state index contributed by atoms with van der Waals surface area (Å²) < 4.78 is 12.5. The first-order valence-electron chi connectivity index (χ1n) is 8.68.